The number of ether oxygens (including phenoxy) is 2. The van der Waals surface area contributed by atoms with Crippen molar-refractivity contribution in [3.63, 3.8) is 0 Å². The molecule has 0 aliphatic heterocycles. The largest absolute Gasteiger partial charge is 0.498 e. The number of carbonyl (C=O) groups excluding carboxylic acids is 1. The lowest BCUT2D eigenvalue weighted by atomic mass is 10.2. The zero-order valence-electron chi connectivity index (χ0n) is 9.83. The quantitative estimate of drug-likeness (QED) is 0.460. The highest BCUT2D eigenvalue weighted by atomic mass is 16.6. The molecule has 0 radical (unpaired) electrons. The Morgan fingerprint density at radius 2 is 2.06 bits per heavy atom. The van der Waals surface area contributed by atoms with E-state index in [2.05, 4.69) is 11.6 Å². The first kappa shape index (κ1) is 12.1. The molecule has 18 heavy (non-hydrogen) atoms. The zero-order chi connectivity index (χ0) is 12.8. The summed E-state index contributed by atoms with van der Waals surface area (Å²) in [5.74, 6) is -0.451. The maximum atomic E-state index is 11.7. The molecule has 2 aromatic rings. The van der Waals surface area contributed by atoms with E-state index in [9.17, 15) is 4.79 Å². The zero-order valence-corrected chi connectivity index (χ0v) is 9.83. The number of para-hydroxylation sites is 1. The summed E-state index contributed by atoms with van der Waals surface area (Å²) < 4.78 is 9.86. The van der Waals surface area contributed by atoms with Crippen LogP contribution in [0, 0.1) is 0 Å². The predicted molar refractivity (Wildman–Crippen MR) is 68.2 cm³/mol. The van der Waals surface area contributed by atoms with E-state index >= 15 is 0 Å². The van der Waals surface area contributed by atoms with E-state index in [-0.39, 0.29) is 6.61 Å². The van der Waals surface area contributed by atoms with Crippen LogP contribution in [0.4, 0.5) is 0 Å². The third-order valence-corrected chi connectivity index (χ3v) is 2.36. The Kier molecular flexibility index (Phi) is 3.91. The topological polar surface area (TPSA) is 48.4 Å². The summed E-state index contributed by atoms with van der Waals surface area (Å²) in [6.45, 7) is 3.87. The molecule has 1 aromatic heterocycles. The van der Waals surface area contributed by atoms with Gasteiger partial charge in [-0.15, -0.1) is 0 Å². The number of aromatic nitrogens is 1. The molecule has 92 valence electrons. The molecule has 0 aliphatic rings. The van der Waals surface area contributed by atoms with Gasteiger partial charge in [-0.3, -0.25) is 0 Å². The lowest BCUT2D eigenvalue weighted by Gasteiger charge is -2.04. The molecule has 0 saturated carbocycles. The van der Waals surface area contributed by atoms with Gasteiger partial charge in [-0.25, -0.2) is 9.78 Å². The monoisotopic (exact) mass is 243 g/mol. The Labute approximate surface area is 105 Å². The number of esters is 1. The minimum absolute atomic E-state index is 0.180. The fourth-order valence-electron chi connectivity index (χ4n) is 1.52. The van der Waals surface area contributed by atoms with Gasteiger partial charge in [0.15, 0.2) is 0 Å². The average molecular weight is 243 g/mol. The van der Waals surface area contributed by atoms with Gasteiger partial charge in [0.25, 0.3) is 0 Å². The highest BCUT2D eigenvalue weighted by Gasteiger charge is 2.09. The molecule has 0 atom stereocenters. The second-order valence-corrected chi connectivity index (χ2v) is 3.56. The van der Waals surface area contributed by atoms with Crippen molar-refractivity contribution >= 4 is 16.9 Å². The van der Waals surface area contributed by atoms with Gasteiger partial charge in [-0.1, -0.05) is 30.8 Å². The highest BCUT2D eigenvalue weighted by molar-refractivity contribution is 5.90. The molecule has 1 aromatic carbocycles. The van der Waals surface area contributed by atoms with Gasteiger partial charge >= 0.3 is 5.97 Å². The van der Waals surface area contributed by atoms with E-state index < -0.39 is 5.97 Å². The molecule has 0 saturated heterocycles. The normalized spacial score (nSPS) is 10.0. The van der Waals surface area contributed by atoms with Crippen LogP contribution in [0.2, 0.25) is 0 Å². The Morgan fingerprint density at radius 3 is 2.89 bits per heavy atom. The fourth-order valence-corrected chi connectivity index (χ4v) is 1.52. The van der Waals surface area contributed by atoms with Gasteiger partial charge in [-0.05, 0) is 12.1 Å². The second-order valence-electron chi connectivity index (χ2n) is 3.56. The first-order valence-electron chi connectivity index (χ1n) is 5.56. The van der Waals surface area contributed by atoms with E-state index in [1.54, 1.807) is 6.07 Å². The van der Waals surface area contributed by atoms with Crippen LogP contribution in [-0.4, -0.2) is 24.2 Å². The average Bonchev–Trinajstić information content (AvgIpc) is 2.43. The number of nitrogens with zero attached hydrogens (tertiary/aromatic N) is 1. The van der Waals surface area contributed by atoms with Crippen molar-refractivity contribution in [2.24, 2.45) is 0 Å². The Hall–Kier alpha value is -2.36. The summed E-state index contributed by atoms with van der Waals surface area (Å²) in [5.41, 5.74) is 1.07. The molecule has 0 bridgehead atoms. The van der Waals surface area contributed by atoms with Crippen LogP contribution in [0.1, 0.15) is 10.5 Å². The molecule has 0 aliphatic carbocycles. The van der Waals surface area contributed by atoms with Crippen molar-refractivity contribution in [3.05, 3.63) is 54.9 Å². The van der Waals surface area contributed by atoms with Gasteiger partial charge in [0, 0.05) is 5.39 Å². The molecular formula is C14H13NO3. The Balaban J connectivity index is 2.06. The van der Waals surface area contributed by atoms with Gasteiger partial charge in [0.2, 0.25) is 0 Å². The van der Waals surface area contributed by atoms with Crippen LogP contribution in [-0.2, 0) is 9.47 Å². The van der Waals surface area contributed by atoms with Crippen molar-refractivity contribution in [1.82, 2.24) is 4.98 Å². The number of benzene rings is 1. The lowest BCUT2D eigenvalue weighted by Crippen LogP contribution is -2.11. The fraction of sp³-hybridized carbons (Fsp3) is 0.143. The SMILES string of the molecule is C=COCCOC(=O)c1ccc2ccccc2n1. The molecule has 1 heterocycles. The number of carbonyl (C=O) groups is 1. The Bertz CT molecular complexity index is 566. The van der Waals surface area contributed by atoms with Crippen molar-refractivity contribution in [2.75, 3.05) is 13.2 Å². The predicted octanol–water partition coefficient (Wildman–Crippen LogP) is 2.55. The highest BCUT2D eigenvalue weighted by Crippen LogP contribution is 2.12. The molecule has 2 rings (SSSR count). The maximum absolute atomic E-state index is 11.7. The summed E-state index contributed by atoms with van der Waals surface area (Å²) in [5, 5.41) is 0.990. The Morgan fingerprint density at radius 1 is 1.22 bits per heavy atom. The summed E-state index contributed by atoms with van der Waals surface area (Å²) in [6.07, 6.45) is 1.31. The molecule has 0 amide bonds. The van der Waals surface area contributed by atoms with Crippen molar-refractivity contribution < 1.29 is 14.3 Å². The van der Waals surface area contributed by atoms with Gasteiger partial charge in [-0.2, -0.15) is 0 Å². The minimum Gasteiger partial charge on any atom is -0.498 e. The first-order valence-corrected chi connectivity index (χ1v) is 5.56. The van der Waals surface area contributed by atoms with Gasteiger partial charge in [0.1, 0.15) is 18.9 Å². The van der Waals surface area contributed by atoms with E-state index in [0.717, 1.165) is 10.9 Å². The number of hydrogen-bond donors (Lipinski definition) is 0. The summed E-state index contributed by atoms with van der Waals surface area (Å²) >= 11 is 0. The third-order valence-electron chi connectivity index (χ3n) is 2.36. The van der Waals surface area contributed by atoms with Crippen LogP contribution < -0.4 is 0 Å². The van der Waals surface area contributed by atoms with E-state index in [0.29, 0.717) is 12.3 Å². The van der Waals surface area contributed by atoms with Crippen molar-refractivity contribution in [1.29, 1.82) is 0 Å². The molecule has 4 nitrogen and oxygen atoms in total. The van der Waals surface area contributed by atoms with E-state index in [1.807, 2.05) is 30.3 Å². The standard InChI is InChI=1S/C14H13NO3/c1-2-17-9-10-18-14(16)13-8-7-11-5-3-4-6-12(11)15-13/h2-8H,1,9-10H2. The summed E-state index contributed by atoms with van der Waals surface area (Å²) in [4.78, 5) is 15.9. The third kappa shape index (κ3) is 2.85. The molecule has 0 fully saturated rings. The van der Waals surface area contributed by atoms with Crippen molar-refractivity contribution in [2.45, 2.75) is 0 Å². The number of hydrogen-bond acceptors (Lipinski definition) is 4. The molecule has 0 N–H and O–H groups in total. The molecule has 4 heteroatoms. The van der Waals surface area contributed by atoms with Crippen LogP contribution in [0.3, 0.4) is 0 Å². The van der Waals surface area contributed by atoms with Crippen molar-refractivity contribution in [3.8, 4) is 0 Å². The summed E-state index contributed by atoms with van der Waals surface area (Å²) in [7, 11) is 0. The van der Waals surface area contributed by atoms with Crippen LogP contribution >= 0.6 is 0 Å². The molecule has 0 spiro atoms. The molecule has 0 unspecified atom stereocenters. The lowest BCUT2D eigenvalue weighted by molar-refractivity contribution is 0.0415. The smallest absolute Gasteiger partial charge is 0.357 e. The number of fused-ring (bicyclic) bond motifs is 1. The summed E-state index contributed by atoms with van der Waals surface area (Å²) in [6, 6.07) is 11.1. The maximum Gasteiger partial charge on any atom is 0.357 e. The van der Waals surface area contributed by atoms with Gasteiger partial charge < -0.3 is 9.47 Å². The van der Waals surface area contributed by atoms with Crippen LogP contribution in [0.25, 0.3) is 10.9 Å². The van der Waals surface area contributed by atoms with E-state index in [4.69, 9.17) is 9.47 Å². The van der Waals surface area contributed by atoms with Gasteiger partial charge in [0.05, 0.1) is 11.8 Å². The first-order chi connectivity index (χ1) is 8.81. The minimum atomic E-state index is -0.451. The van der Waals surface area contributed by atoms with Crippen LogP contribution in [0.5, 0.6) is 0 Å². The number of pyridine rings is 1. The van der Waals surface area contributed by atoms with Crippen LogP contribution in [0.15, 0.2) is 49.2 Å². The second kappa shape index (κ2) is 5.82. The van der Waals surface area contributed by atoms with E-state index in [1.165, 1.54) is 6.26 Å². The molecular weight excluding hydrogens is 230 g/mol. The number of rotatable bonds is 5.